The number of nitrogens with one attached hydrogen (secondary N) is 1. The number of hydrogen-bond acceptors (Lipinski definition) is 5. The van der Waals surface area contributed by atoms with Gasteiger partial charge in [0.2, 0.25) is 0 Å². The lowest BCUT2D eigenvalue weighted by molar-refractivity contribution is 0.0531. The molecule has 1 aromatic rings. The Morgan fingerprint density at radius 3 is 2.50 bits per heavy atom. The van der Waals surface area contributed by atoms with E-state index < -0.39 is 5.97 Å². The van der Waals surface area contributed by atoms with Crippen LogP contribution in [0.4, 0.5) is 5.00 Å². The van der Waals surface area contributed by atoms with Gasteiger partial charge in [-0.3, -0.25) is 4.79 Å². The summed E-state index contributed by atoms with van der Waals surface area (Å²) in [5.41, 5.74) is 7.06. The Balaban J connectivity index is 3.22. The molecule has 1 amide bonds. The quantitative estimate of drug-likeness (QED) is 0.791. The summed E-state index contributed by atoms with van der Waals surface area (Å²) in [5, 5.41) is 3.19. The third-order valence-corrected chi connectivity index (χ3v) is 3.68. The van der Waals surface area contributed by atoms with Crippen LogP contribution in [0, 0.1) is 0 Å². The standard InChI is InChI=1S/C14H22N2O3S/c1-5-7-9-10(13(17)16-8(3)4)12(15)20-11(9)14(18)19-6-2/h8H,5-7,15H2,1-4H3,(H,16,17). The second kappa shape index (κ2) is 7.28. The van der Waals surface area contributed by atoms with Crippen LogP contribution in [0.1, 0.15) is 59.7 Å². The van der Waals surface area contributed by atoms with Crippen molar-refractivity contribution < 1.29 is 14.3 Å². The largest absolute Gasteiger partial charge is 0.462 e. The molecule has 0 saturated heterocycles. The monoisotopic (exact) mass is 298 g/mol. The Bertz CT molecular complexity index is 495. The predicted octanol–water partition coefficient (Wildman–Crippen LogP) is 2.60. The first-order chi connectivity index (χ1) is 9.42. The highest BCUT2D eigenvalue weighted by atomic mass is 32.1. The zero-order valence-corrected chi connectivity index (χ0v) is 13.2. The van der Waals surface area contributed by atoms with Crippen LogP contribution in [0.25, 0.3) is 0 Å². The van der Waals surface area contributed by atoms with E-state index in [1.165, 1.54) is 0 Å². The SMILES string of the molecule is CCCc1c(C(=O)OCC)sc(N)c1C(=O)NC(C)C. The predicted molar refractivity (Wildman–Crippen MR) is 81.3 cm³/mol. The van der Waals surface area contributed by atoms with Crippen LogP contribution >= 0.6 is 11.3 Å². The molecule has 0 radical (unpaired) electrons. The van der Waals surface area contributed by atoms with Crippen molar-refractivity contribution in [1.29, 1.82) is 0 Å². The Morgan fingerprint density at radius 2 is 2.00 bits per heavy atom. The van der Waals surface area contributed by atoms with Crippen LogP contribution < -0.4 is 11.1 Å². The number of ether oxygens (including phenoxy) is 1. The number of rotatable bonds is 6. The summed E-state index contributed by atoms with van der Waals surface area (Å²) in [6, 6.07) is 0.0160. The van der Waals surface area contributed by atoms with E-state index in [4.69, 9.17) is 10.5 Å². The average molecular weight is 298 g/mol. The van der Waals surface area contributed by atoms with Crippen LogP contribution in [-0.4, -0.2) is 24.5 Å². The van der Waals surface area contributed by atoms with Crippen LogP contribution in [0.2, 0.25) is 0 Å². The van der Waals surface area contributed by atoms with Crippen LogP contribution in [0.3, 0.4) is 0 Å². The lowest BCUT2D eigenvalue weighted by atomic mass is 10.0. The van der Waals surface area contributed by atoms with Gasteiger partial charge in [0.25, 0.3) is 5.91 Å². The van der Waals surface area contributed by atoms with E-state index in [0.717, 1.165) is 17.8 Å². The molecule has 0 spiro atoms. The van der Waals surface area contributed by atoms with Gasteiger partial charge in [-0.2, -0.15) is 0 Å². The zero-order chi connectivity index (χ0) is 15.3. The summed E-state index contributed by atoms with van der Waals surface area (Å²) in [6.45, 7) is 7.81. The maximum absolute atomic E-state index is 12.2. The lowest BCUT2D eigenvalue weighted by Gasteiger charge is -2.10. The van der Waals surface area contributed by atoms with E-state index in [0.29, 0.717) is 34.0 Å². The molecule has 0 aliphatic rings. The van der Waals surface area contributed by atoms with E-state index in [9.17, 15) is 9.59 Å². The molecule has 3 N–H and O–H groups in total. The summed E-state index contributed by atoms with van der Waals surface area (Å²) in [6.07, 6.45) is 1.45. The molecule has 1 rings (SSSR count). The Labute approximate surface area is 123 Å². The third-order valence-electron chi connectivity index (χ3n) is 2.64. The molecule has 0 aliphatic carbocycles. The molecule has 0 fully saturated rings. The van der Waals surface area contributed by atoms with Gasteiger partial charge in [-0.25, -0.2) is 4.79 Å². The first-order valence-corrected chi connectivity index (χ1v) is 7.63. The van der Waals surface area contributed by atoms with Gasteiger partial charge >= 0.3 is 5.97 Å². The van der Waals surface area contributed by atoms with Gasteiger partial charge in [0.05, 0.1) is 17.2 Å². The van der Waals surface area contributed by atoms with Gasteiger partial charge in [-0.05, 0) is 32.8 Å². The maximum Gasteiger partial charge on any atom is 0.348 e. The molecule has 6 heteroatoms. The van der Waals surface area contributed by atoms with Crippen molar-refractivity contribution in [2.24, 2.45) is 0 Å². The molecule has 0 aromatic carbocycles. The topological polar surface area (TPSA) is 81.4 Å². The van der Waals surface area contributed by atoms with E-state index in [2.05, 4.69) is 5.32 Å². The van der Waals surface area contributed by atoms with Crippen molar-refractivity contribution in [3.63, 3.8) is 0 Å². The molecular formula is C14H22N2O3S. The van der Waals surface area contributed by atoms with Crippen LogP contribution in [0.15, 0.2) is 0 Å². The smallest absolute Gasteiger partial charge is 0.348 e. The molecule has 0 unspecified atom stereocenters. The van der Waals surface area contributed by atoms with Gasteiger partial charge in [0.1, 0.15) is 4.88 Å². The molecule has 0 atom stereocenters. The zero-order valence-electron chi connectivity index (χ0n) is 12.4. The van der Waals surface area contributed by atoms with E-state index in [-0.39, 0.29) is 11.9 Å². The number of hydrogen-bond donors (Lipinski definition) is 2. The van der Waals surface area contributed by atoms with Crippen molar-refractivity contribution in [2.45, 2.75) is 46.6 Å². The van der Waals surface area contributed by atoms with E-state index in [1.54, 1.807) is 6.92 Å². The number of thiophene rings is 1. The van der Waals surface area contributed by atoms with Crippen LogP contribution in [0.5, 0.6) is 0 Å². The second-order valence-corrected chi connectivity index (χ2v) is 5.80. The van der Waals surface area contributed by atoms with Crippen molar-refractivity contribution in [1.82, 2.24) is 5.32 Å². The minimum absolute atomic E-state index is 0.0160. The van der Waals surface area contributed by atoms with Gasteiger partial charge in [-0.1, -0.05) is 13.3 Å². The maximum atomic E-state index is 12.2. The van der Waals surface area contributed by atoms with Gasteiger partial charge in [-0.15, -0.1) is 11.3 Å². The number of nitrogen functional groups attached to an aromatic ring is 1. The fourth-order valence-electron chi connectivity index (χ4n) is 1.92. The van der Waals surface area contributed by atoms with E-state index in [1.807, 2.05) is 20.8 Å². The molecule has 1 heterocycles. The fourth-order valence-corrected chi connectivity index (χ4v) is 2.93. The summed E-state index contributed by atoms with van der Waals surface area (Å²) >= 11 is 1.13. The summed E-state index contributed by atoms with van der Waals surface area (Å²) in [4.78, 5) is 24.6. The first kappa shape index (κ1) is 16.5. The lowest BCUT2D eigenvalue weighted by Crippen LogP contribution is -2.31. The highest BCUT2D eigenvalue weighted by Gasteiger charge is 2.26. The molecule has 112 valence electrons. The molecule has 1 aromatic heterocycles. The molecule has 0 saturated carbocycles. The Kier molecular flexibility index (Phi) is 6.01. The molecule has 0 bridgehead atoms. The number of carbonyl (C=O) groups excluding carboxylic acids is 2. The number of carbonyl (C=O) groups is 2. The Morgan fingerprint density at radius 1 is 1.35 bits per heavy atom. The number of nitrogens with two attached hydrogens (primary N) is 1. The van der Waals surface area contributed by atoms with Gasteiger partial charge in [0, 0.05) is 6.04 Å². The summed E-state index contributed by atoms with van der Waals surface area (Å²) in [5.74, 6) is -0.635. The molecular weight excluding hydrogens is 276 g/mol. The minimum Gasteiger partial charge on any atom is -0.462 e. The van der Waals surface area contributed by atoms with Crippen LogP contribution in [-0.2, 0) is 11.2 Å². The van der Waals surface area contributed by atoms with Gasteiger partial charge in [0.15, 0.2) is 0 Å². The Hall–Kier alpha value is -1.56. The van der Waals surface area contributed by atoms with E-state index >= 15 is 0 Å². The number of anilines is 1. The number of amides is 1. The highest BCUT2D eigenvalue weighted by molar-refractivity contribution is 7.18. The molecule has 5 nitrogen and oxygen atoms in total. The first-order valence-electron chi connectivity index (χ1n) is 6.81. The van der Waals surface area contributed by atoms with Crippen molar-refractivity contribution in [3.8, 4) is 0 Å². The highest BCUT2D eigenvalue weighted by Crippen LogP contribution is 2.32. The van der Waals surface area contributed by atoms with Gasteiger partial charge < -0.3 is 15.8 Å². The van der Waals surface area contributed by atoms with Crippen molar-refractivity contribution in [2.75, 3.05) is 12.3 Å². The normalized spacial score (nSPS) is 10.7. The summed E-state index contributed by atoms with van der Waals surface area (Å²) in [7, 11) is 0. The molecule has 0 aliphatic heterocycles. The number of esters is 1. The third kappa shape index (κ3) is 3.72. The van der Waals surface area contributed by atoms with Crippen molar-refractivity contribution >= 4 is 28.2 Å². The minimum atomic E-state index is -0.406. The molecule has 20 heavy (non-hydrogen) atoms. The average Bonchev–Trinajstić information content (AvgIpc) is 2.66. The fraction of sp³-hybridized carbons (Fsp3) is 0.571. The summed E-state index contributed by atoms with van der Waals surface area (Å²) < 4.78 is 5.03. The van der Waals surface area contributed by atoms with Crippen molar-refractivity contribution in [3.05, 3.63) is 16.0 Å². The second-order valence-electron chi connectivity index (χ2n) is 4.75.